The number of nitrogens with one attached hydrogen (secondary N) is 1. The van der Waals surface area contributed by atoms with Crippen LogP contribution in [0.4, 0.5) is 0 Å². The highest BCUT2D eigenvalue weighted by atomic mass is 31.2. The summed E-state index contributed by atoms with van der Waals surface area (Å²) in [5, 5.41) is 13.6. The smallest absolute Gasteiger partial charge is 0.387 e. The molecule has 1 amide bonds. The number of aliphatic hydroxyl groups is 1. The van der Waals surface area contributed by atoms with E-state index in [1.165, 1.54) is 89.9 Å². The van der Waals surface area contributed by atoms with Crippen molar-refractivity contribution in [2.45, 2.75) is 174 Å². The molecule has 9 heteroatoms. The van der Waals surface area contributed by atoms with Crippen LogP contribution in [0.25, 0.3) is 0 Å². The Balaban J connectivity index is 4.38. The number of hydrogen-bond donors (Lipinski definition) is 4. The maximum Gasteiger partial charge on any atom is 0.472 e. The Kier molecular flexibility index (Phi) is 31.2. The van der Waals surface area contributed by atoms with Gasteiger partial charge in [-0.15, -0.1) is 0 Å². The second-order valence-electron chi connectivity index (χ2n) is 12.1. The van der Waals surface area contributed by atoms with Gasteiger partial charge >= 0.3 is 7.82 Å². The molecule has 3 atom stereocenters. The summed E-state index contributed by atoms with van der Waals surface area (Å²) < 4.78 is 22.0. The van der Waals surface area contributed by atoms with Crippen LogP contribution in [0.15, 0.2) is 24.3 Å². The molecule has 0 spiro atoms. The number of nitrogens with two attached hydrogens (primary N) is 1. The van der Waals surface area contributed by atoms with Gasteiger partial charge in [0.15, 0.2) is 0 Å². The third-order valence-electron chi connectivity index (χ3n) is 7.77. The van der Waals surface area contributed by atoms with Crippen molar-refractivity contribution >= 4 is 13.7 Å². The normalized spacial score (nSPS) is 14.8. The molecular formula is C35H69N2O6P. The number of amides is 1. The molecular weight excluding hydrogens is 575 g/mol. The molecule has 0 aromatic rings. The Labute approximate surface area is 270 Å². The minimum absolute atomic E-state index is 0.0776. The van der Waals surface area contributed by atoms with E-state index in [-0.39, 0.29) is 25.7 Å². The molecule has 0 fully saturated rings. The summed E-state index contributed by atoms with van der Waals surface area (Å²) in [5.74, 6) is -0.206. The fourth-order valence-electron chi connectivity index (χ4n) is 5.01. The lowest BCUT2D eigenvalue weighted by atomic mass is 10.1. The van der Waals surface area contributed by atoms with Crippen molar-refractivity contribution in [1.29, 1.82) is 0 Å². The summed E-state index contributed by atoms with van der Waals surface area (Å²) in [6.07, 6.45) is 33.6. The Bertz CT molecular complexity index is 749. The number of carbonyl (C=O) groups excluding carboxylic acids is 1. The van der Waals surface area contributed by atoms with Gasteiger partial charge in [0.2, 0.25) is 5.91 Å². The molecule has 0 aromatic heterocycles. The molecule has 0 saturated heterocycles. The van der Waals surface area contributed by atoms with E-state index >= 15 is 0 Å². The summed E-state index contributed by atoms with van der Waals surface area (Å²) in [5.41, 5.74) is 5.34. The number of aliphatic hydroxyl groups excluding tert-OH is 1. The van der Waals surface area contributed by atoms with E-state index in [1.807, 2.05) is 6.08 Å². The number of carbonyl (C=O) groups is 1. The van der Waals surface area contributed by atoms with Crippen LogP contribution < -0.4 is 11.1 Å². The highest BCUT2D eigenvalue weighted by Gasteiger charge is 2.26. The van der Waals surface area contributed by atoms with Crippen LogP contribution in [0.1, 0.15) is 162 Å². The van der Waals surface area contributed by atoms with E-state index in [4.69, 9.17) is 14.8 Å². The third-order valence-corrected chi connectivity index (χ3v) is 8.76. The average Bonchev–Trinajstić information content (AvgIpc) is 3.01. The first kappa shape index (κ1) is 43.0. The van der Waals surface area contributed by atoms with Gasteiger partial charge in [-0.05, 0) is 44.9 Å². The number of phosphoric acid groups is 1. The van der Waals surface area contributed by atoms with Crippen molar-refractivity contribution in [1.82, 2.24) is 5.32 Å². The van der Waals surface area contributed by atoms with Gasteiger partial charge in [0.1, 0.15) is 0 Å². The lowest BCUT2D eigenvalue weighted by Crippen LogP contribution is -2.45. The van der Waals surface area contributed by atoms with Crippen molar-refractivity contribution in [3.05, 3.63) is 24.3 Å². The summed E-state index contributed by atoms with van der Waals surface area (Å²) in [4.78, 5) is 22.5. The summed E-state index contributed by atoms with van der Waals surface area (Å²) >= 11 is 0. The monoisotopic (exact) mass is 644 g/mol. The fourth-order valence-corrected chi connectivity index (χ4v) is 5.77. The van der Waals surface area contributed by atoms with Gasteiger partial charge in [0, 0.05) is 13.0 Å². The van der Waals surface area contributed by atoms with Crippen LogP contribution >= 0.6 is 7.82 Å². The van der Waals surface area contributed by atoms with Crippen molar-refractivity contribution in [3.8, 4) is 0 Å². The minimum atomic E-state index is -4.33. The first-order valence-electron chi connectivity index (χ1n) is 18.0. The summed E-state index contributed by atoms with van der Waals surface area (Å²) in [7, 11) is -4.33. The molecule has 260 valence electrons. The van der Waals surface area contributed by atoms with Gasteiger partial charge in [-0.2, -0.15) is 0 Å². The van der Waals surface area contributed by atoms with E-state index in [0.717, 1.165) is 51.4 Å². The molecule has 44 heavy (non-hydrogen) atoms. The third kappa shape index (κ3) is 29.7. The van der Waals surface area contributed by atoms with Crippen molar-refractivity contribution < 1.29 is 28.4 Å². The topological polar surface area (TPSA) is 131 Å². The molecule has 0 rings (SSSR count). The second-order valence-corrected chi connectivity index (χ2v) is 13.5. The minimum Gasteiger partial charge on any atom is -0.387 e. The number of hydrogen-bond acceptors (Lipinski definition) is 6. The quantitative estimate of drug-likeness (QED) is 0.0318. The number of rotatable bonds is 33. The fraction of sp³-hybridized carbons (Fsp3) is 0.857. The van der Waals surface area contributed by atoms with Crippen LogP contribution in [0, 0.1) is 0 Å². The van der Waals surface area contributed by atoms with Crippen LogP contribution in [0.3, 0.4) is 0 Å². The SMILES string of the molecule is CCCCCC/C=C\CCCCCCCC(=O)NC(COP(=O)(O)OCCN)C(O)/C=C/CCCCCCCCCCCC. The molecule has 0 bridgehead atoms. The molecule has 0 saturated carbocycles. The molecule has 0 aliphatic heterocycles. The molecule has 0 heterocycles. The molecule has 0 aliphatic rings. The van der Waals surface area contributed by atoms with Crippen LogP contribution in [0.5, 0.6) is 0 Å². The van der Waals surface area contributed by atoms with Gasteiger partial charge in [-0.25, -0.2) is 4.57 Å². The highest BCUT2D eigenvalue weighted by molar-refractivity contribution is 7.47. The van der Waals surface area contributed by atoms with Crippen LogP contribution in [0.2, 0.25) is 0 Å². The molecule has 3 unspecified atom stereocenters. The van der Waals surface area contributed by atoms with E-state index in [2.05, 4.69) is 31.3 Å². The lowest BCUT2D eigenvalue weighted by Gasteiger charge is -2.23. The largest absolute Gasteiger partial charge is 0.472 e. The maximum atomic E-state index is 12.6. The Hall–Kier alpha value is -1.02. The molecule has 0 aromatic carbocycles. The van der Waals surface area contributed by atoms with Gasteiger partial charge in [0.25, 0.3) is 0 Å². The zero-order valence-electron chi connectivity index (χ0n) is 28.4. The van der Waals surface area contributed by atoms with Crippen molar-refractivity contribution in [2.75, 3.05) is 19.8 Å². The predicted octanol–water partition coefficient (Wildman–Crippen LogP) is 9.05. The number of allylic oxidation sites excluding steroid dienone is 3. The van der Waals surface area contributed by atoms with Crippen molar-refractivity contribution in [2.24, 2.45) is 5.73 Å². The Morgan fingerprint density at radius 1 is 0.727 bits per heavy atom. The Morgan fingerprint density at radius 2 is 1.18 bits per heavy atom. The van der Waals surface area contributed by atoms with E-state index in [1.54, 1.807) is 6.08 Å². The van der Waals surface area contributed by atoms with Crippen LogP contribution in [-0.2, 0) is 18.4 Å². The molecule has 0 radical (unpaired) electrons. The maximum absolute atomic E-state index is 12.6. The number of unbranched alkanes of at least 4 members (excludes halogenated alkanes) is 19. The molecule has 8 nitrogen and oxygen atoms in total. The van der Waals surface area contributed by atoms with Gasteiger partial charge in [0.05, 0.1) is 25.4 Å². The Morgan fingerprint density at radius 3 is 1.70 bits per heavy atom. The first-order valence-corrected chi connectivity index (χ1v) is 19.5. The predicted molar refractivity (Wildman–Crippen MR) is 185 cm³/mol. The molecule has 5 N–H and O–H groups in total. The molecule has 0 aliphatic carbocycles. The average molecular weight is 645 g/mol. The van der Waals surface area contributed by atoms with Crippen molar-refractivity contribution in [3.63, 3.8) is 0 Å². The van der Waals surface area contributed by atoms with E-state index in [0.29, 0.717) is 6.42 Å². The van der Waals surface area contributed by atoms with E-state index in [9.17, 15) is 19.4 Å². The summed E-state index contributed by atoms with van der Waals surface area (Å²) in [6.45, 7) is 4.08. The number of phosphoric ester groups is 1. The van der Waals surface area contributed by atoms with Gasteiger partial charge < -0.3 is 21.1 Å². The highest BCUT2D eigenvalue weighted by Crippen LogP contribution is 2.43. The second kappa shape index (κ2) is 31.9. The van der Waals surface area contributed by atoms with Crippen LogP contribution in [-0.4, -0.2) is 47.8 Å². The van der Waals surface area contributed by atoms with Gasteiger partial charge in [-0.1, -0.05) is 134 Å². The summed E-state index contributed by atoms with van der Waals surface area (Å²) in [6, 6.07) is -0.859. The van der Waals surface area contributed by atoms with Gasteiger partial charge in [-0.3, -0.25) is 13.8 Å². The standard InChI is InChI=1S/C35H69N2O6P/c1-3-5-7-9-11-13-15-17-19-21-23-25-27-29-35(39)37-33(32-43-44(40,41)42-31-30-36)34(38)28-26-24-22-20-18-16-14-12-10-8-6-4-2/h13,15,26,28,33-34,38H,3-12,14,16-25,27,29-32,36H2,1-2H3,(H,37,39)(H,40,41)/b15-13-,28-26+. The first-order chi connectivity index (χ1) is 21.4. The zero-order valence-corrected chi connectivity index (χ0v) is 29.3. The lowest BCUT2D eigenvalue weighted by molar-refractivity contribution is -0.123. The van der Waals surface area contributed by atoms with E-state index < -0.39 is 20.0 Å². The zero-order chi connectivity index (χ0) is 32.6.